The molecule has 0 aliphatic rings. The lowest BCUT2D eigenvalue weighted by Crippen LogP contribution is -2.36. The first-order valence-electron chi connectivity index (χ1n) is 8.63. The molecular weight excluding hydrogens is 491 g/mol. The first-order chi connectivity index (χ1) is 12.9. The highest BCUT2D eigenvalue weighted by molar-refractivity contribution is 14.0. The van der Waals surface area contributed by atoms with Gasteiger partial charge in [-0.05, 0) is 12.8 Å². The van der Waals surface area contributed by atoms with Gasteiger partial charge in [-0.15, -0.1) is 24.0 Å². The number of hydrogen-bond donors (Lipinski definition) is 2. The van der Waals surface area contributed by atoms with Gasteiger partial charge in [-0.1, -0.05) is 19.0 Å². The van der Waals surface area contributed by atoms with Gasteiger partial charge in [0, 0.05) is 37.2 Å². The Kier molecular flexibility index (Phi) is 9.70. The molecular formula is C18H23F4IN4O. The van der Waals surface area contributed by atoms with Crippen molar-refractivity contribution in [2.45, 2.75) is 45.7 Å². The summed E-state index contributed by atoms with van der Waals surface area (Å²) in [7, 11) is 1.45. The van der Waals surface area contributed by atoms with Gasteiger partial charge >= 0.3 is 0 Å². The van der Waals surface area contributed by atoms with Gasteiger partial charge in [0.05, 0.1) is 12.2 Å². The molecule has 156 valence electrons. The number of aromatic nitrogens is 1. The number of guanidine groups is 1. The number of hydrogen-bond acceptors (Lipinski definition) is 3. The largest absolute Gasteiger partial charge is 0.359 e. The monoisotopic (exact) mass is 514 g/mol. The summed E-state index contributed by atoms with van der Waals surface area (Å²) in [5.41, 5.74) is 0.116. The van der Waals surface area contributed by atoms with Gasteiger partial charge in [0.15, 0.2) is 35.0 Å². The summed E-state index contributed by atoms with van der Waals surface area (Å²) in [6, 6.07) is 2.00. The van der Waals surface area contributed by atoms with Gasteiger partial charge in [-0.2, -0.15) is 0 Å². The zero-order chi connectivity index (χ0) is 20.0. The predicted octanol–water partition coefficient (Wildman–Crippen LogP) is 4.62. The van der Waals surface area contributed by atoms with E-state index >= 15 is 0 Å². The minimum Gasteiger partial charge on any atom is -0.359 e. The van der Waals surface area contributed by atoms with Crippen molar-refractivity contribution < 1.29 is 22.1 Å². The lowest BCUT2D eigenvalue weighted by Gasteiger charge is -2.12. The van der Waals surface area contributed by atoms with Crippen LogP contribution in [0, 0.1) is 23.3 Å². The predicted molar refractivity (Wildman–Crippen MR) is 109 cm³/mol. The van der Waals surface area contributed by atoms with Crippen LogP contribution in [0.4, 0.5) is 17.6 Å². The van der Waals surface area contributed by atoms with Gasteiger partial charge in [0.2, 0.25) is 0 Å². The summed E-state index contributed by atoms with van der Waals surface area (Å²) < 4.78 is 59.1. The smallest absolute Gasteiger partial charge is 0.191 e. The van der Waals surface area contributed by atoms with Crippen LogP contribution in [-0.2, 0) is 13.1 Å². The fourth-order valence-electron chi connectivity index (χ4n) is 2.65. The molecule has 0 fully saturated rings. The van der Waals surface area contributed by atoms with Crippen molar-refractivity contribution in [3.05, 3.63) is 52.4 Å². The van der Waals surface area contributed by atoms with Gasteiger partial charge in [0.1, 0.15) is 0 Å². The summed E-state index contributed by atoms with van der Waals surface area (Å²) in [6.45, 7) is 3.89. The fourth-order valence-corrected chi connectivity index (χ4v) is 2.65. The summed E-state index contributed by atoms with van der Waals surface area (Å²) in [5.74, 6) is -4.74. The van der Waals surface area contributed by atoms with Crippen molar-refractivity contribution in [3.63, 3.8) is 0 Å². The lowest BCUT2D eigenvalue weighted by molar-refractivity contribution is 0.368. The maximum absolute atomic E-state index is 13.7. The molecule has 10 heteroatoms. The molecule has 1 heterocycles. The Bertz CT molecular complexity index is 783. The maximum Gasteiger partial charge on any atom is 0.191 e. The van der Waals surface area contributed by atoms with Gasteiger partial charge in [-0.25, -0.2) is 17.6 Å². The van der Waals surface area contributed by atoms with Crippen molar-refractivity contribution in [3.8, 4) is 0 Å². The molecule has 0 amide bonds. The van der Waals surface area contributed by atoms with Crippen LogP contribution in [-0.4, -0.2) is 18.2 Å². The van der Waals surface area contributed by atoms with Crippen LogP contribution >= 0.6 is 24.0 Å². The Labute approximate surface area is 178 Å². The second kappa shape index (κ2) is 11.2. The molecule has 2 aromatic rings. The minimum atomic E-state index is -1.45. The third-order valence-corrected chi connectivity index (χ3v) is 4.27. The van der Waals surface area contributed by atoms with Crippen LogP contribution in [0.25, 0.3) is 0 Å². The van der Waals surface area contributed by atoms with E-state index in [1.807, 2.05) is 6.07 Å². The van der Waals surface area contributed by atoms with E-state index in [2.05, 4.69) is 34.6 Å². The number of halogens is 5. The van der Waals surface area contributed by atoms with Crippen molar-refractivity contribution in [2.24, 2.45) is 4.99 Å². The second-order valence-corrected chi connectivity index (χ2v) is 5.96. The maximum atomic E-state index is 13.7. The van der Waals surface area contributed by atoms with Crippen molar-refractivity contribution in [1.29, 1.82) is 0 Å². The minimum absolute atomic E-state index is 0. The van der Waals surface area contributed by atoms with Crippen molar-refractivity contribution in [2.75, 3.05) is 7.05 Å². The molecule has 0 aliphatic heterocycles. The van der Waals surface area contributed by atoms with E-state index in [4.69, 9.17) is 4.52 Å². The number of aliphatic imine (C=N–C) groups is 1. The third-order valence-electron chi connectivity index (χ3n) is 4.27. The average Bonchev–Trinajstić information content (AvgIpc) is 3.12. The molecule has 0 spiro atoms. The number of rotatable bonds is 7. The Morgan fingerprint density at radius 1 is 1.04 bits per heavy atom. The van der Waals surface area contributed by atoms with E-state index in [-0.39, 0.29) is 42.5 Å². The van der Waals surface area contributed by atoms with Crippen LogP contribution in [0.3, 0.4) is 0 Å². The van der Waals surface area contributed by atoms with E-state index in [0.29, 0.717) is 11.7 Å². The third kappa shape index (κ3) is 5.82. The molecule has 0 radical (unpaired) electrons. The molecule has 1 aromatic heterocycles. The number of nitrogens with zero attached hydrogens (tertiary/aromatic N) is 2. The highest BCUT2D eigenvalue weighted by atomic mass is 127. The number of benzene rings is 1. The Morgan fingerprint density at radius 2 is 1.61 bits per heavy atom. The molecule has 0 saturated heterocycles. The quantitative estimate of drug-likeness (QED) is 0.186. The van der Waals surface area contributed by atoms with Gasteiger partial charge in [-0.3, -0.25) is 4.99 Å². The molecule has 0 saturated carbocycles. The normalized spacial score (nSPS) is 11.5. The average molecular weight is 514 g/mol. The first-order valence-corrected chi connectivity index (χ1v) is 8.63. The standard InChI is InChI=1S/C18H22F4N4O.HI/c1-4-10(5-2)15-6-11(27-26-15)8-24-18(23-3)25-9-12-16(21)13(19)7-14(20)17(12)22;/h6-7,10H,4-5,8-9H2,1-3H3,(H2,23,24,25);1H. The Morgan fingerprint density at radius 3 is 2.14 bits per heavy atom. The fraction of sp³-hybridized carbons (Fsp3) is 0.444. The van der Waals surface area contributed by atoms with E-state index in [0.717, 1.165) is 18.5 Å². The summed E-state index contributed by atoms with van der Waals surface area (Å²) in [6.07, 6.45) is 1.89. The van der Waals surface area contributed by atoms with Crippen LogP contribution in [0.5, 0.6) is 0 Å². The highest BCUT2D eigenvalue weighted by Gasteiger charge is 2.19. The topological polar surface area (TPSA) is 62.5 Å². The molecule has 0 bridgehead atoms. The van der Waals surface area contributed by atoms with Crippen molar-refractivity contribution in [1.82, 2.24) is 15.8 Å². The van der Waals surface area contributed by atoms with E-state index in [1.165, 1.54) is 7.05 Å². The molecule has 2 rings (SSSR count). The van der Waals surface area contributed by atoms with Crippen molar-refractivity contribution >= 4 is 29.9 Å². The molecule has 0 atom stereocenters. The van der Waals surface area contributed by atoms with Crippen LogP contribution < -0.4 is 10.6 Å². The lowest BCUT2D eigenvalue weighted by atomic mass is 9.99. The van der Waals surface area contributed by atoms with E-state index < -0.39 is 35.4 Å². The van der Waals surface area contributed by atoms with Crippen LogP contribution in [0.15, 0.2) is 21.6 Å². The summed E-state index contributed by atoms with van der Waals surface area (Å²) in [4.78, 5) is 3.90. The molecule has 0 unspecified atom stereocenters. The molecule has 28 heavy (non-hydrogen) atoms. The van der Waals surface area contributed by atoms with Crippen LogP contribution in [0.1, 0.15) is 49.6 Å². The Balaban J connectivity index is 0.00000392. The highest BCUT2D eigenvalue weighted by Crippen LogP contribution is 2.22. The number of nitrogens with one attached hydrogen (secondary N) is 2. The molecule has 2 N–H and O–H groups in total. The molecule has 0 aliphatic carbocycles. The Hall–Kier alpha value is -1.85. The van der Waals surface area contributed by atoms with Crippen LogP contribution in [0.2, 0.25) is 0 Å². The second-order valence-electron chi connectivity index (χ2n) is 5.96. The summed E-state index contributed by atoms with van der Waals surface area (Å²) in [5, 5.41) is 9.53. The molecule has 1 aromatic carbocycles. The first kappa shape index (κ1) is 24.2. The SMILES string of the molecule is CCC(CC)c1cc(CNC(=NC)NCc2c(F)c(F)cc(F)c2F)on1.I. The zero-order valence-electron chi connectivity index (χ0n) is 15.8. The zero-order valence-corrected chi connectivity index (χ0v) is 18.1. The van der Waals surface area contributed by atoms with Gasteiger partial charge < -0.3 is 15.2 Å². The summed E-state index contributed by atoms with van der Waals surface area (Å²) >= 11 is 0. The van der Waals surface area contributed by atoms with Gasteiger partial charge in [0.25, 0.3) is 0 Å². The van der Waals surface area contributed by atoms with E-state index in [1.54, 1.807) is 0 Å². The molecule has 5 nitrogen and oxygen atoms in total. The van der Waals surface area contributed by atoms with E-state index in [9.17, 15) is 17.6 Å².